The fourth-order valence-electron chi connectivity index (χ4n) is 2.04. The number of aryl methyl sites for hydroxylation is 1. The highest BCUT2D eigenvalue weighted by Crippen LogP contribution is 2.16. The van der Waals surface area contributed by atoms with Gasteiger partial charge in [0, 0.05) is 31.5 Å². The molecule has 1 unspecified atom stereocenters. The minimum atomic E-state index is 0.248. The summed E-state index contributed by atoms with van der Waals surface area (Å²) in [6.07, 6.45) is 4.93. The van der Waals surface area contributed by atoms with E-state index in [0.29, 0.717) is 11.9 Å². The van der Waals surface area contributed by atoms with Gasteiger partial charge in [-0.05, 0) is 32.6 Å². The molecule has 3 N–H and O–H groups in total. The Morgan fingerprint density at radius 2 is 2.05 bits per heavy atom. The van der Waals surface area contributed by atoms with E-state index >= 15 is 0 Å². The summed E-state index contributed by atoms with van der Waals surface area (Å²) in [6, 6.07) is 0. The number of hydrogen-bond acceptors (Lipinski definition) is 5. The minimum Gasteiger partial charge on any atom is -0.396 e. The van der Waals surface area contributed by atoms with Crippen LogP contribution in [0.3, 0.4) is 0 Å². The lowest BCUT2D eigenvalue weighted by Gasteiger charge is -2.17. The molecule has 1 heterocycles. The van der Waals surface area contributed by atoms with Crippen molar-refractivity contribution in [2.75, 3.05) is 30.3 Å². The van der Waals surface area contributed by atoms with Gasteiger partial charge in [-0.1, -0.05) is 13.3 Å². The molecule has 0 aromatic carbocycles. The molecule has 0 radical (unpaired) electrons. The molecule has 108 valence electrons. The predicted molar refractivity (Wildman–Crippen MR) is 79.5 cm³/mol. The maximum absolute atomic E-state index is 9.07. The largest absolute Gasteiger partial charge is 0.396 e. The van der Waals surface area contributed by atoms with Crippen LogP contribution < -0.4 is 10.6 Å². The van der Waals surface area contributed by atoms with Crippen molar-refractivity contribution in [3.8, 4) is 0 Å². The molecule has 1 rings (SSSR count). The molecular weight excluding hydrogens is 240 g/mol. The molecule has 0 saturated heterocycles. The van der Waals surface area contributed by atoms with Crippen molar-refractivity contribution in [3.05, 3.63) is 11.8 Å². The fourth-order valence-corrected chi connectivity index (χ4v) is 2.04. The highest BCUT2D eigenvalue weighted by Gasteiger charge is 2.09. The zero-order valence-electron chi connectivity index (χ0n) is 12.2. The summed E-state index contributed by atoms with van der Waals surface area (Å²) in [5.74, 6) is 2.03. The van der Waals surface area contributed by atoms with Crippen LogP contribution in [0.5, 0.6) is 0 Å². The molecule has 0 bridgehead atoms. The number of aliphatic hydroxyl groups is 1. The Bertz CT molecular complexity index is 364. The van der Waals surface area contributed by atoms with E-state index in [2.05, 4.69) is 27.5 Å². The third-order valence-electron chi connectivity index (χ3n) is 3.10. The fraction of sp³-hybridized carbons (Fsp3) is 0.714. The second-order valence-electron chi connectivity index (χ2n) is 4.80. The predicted octanol–water partition coefficient (Wildman–Crippen LogP) is 2.43. The van der Waals surface area contributed by atoms with Crippen LogP contribution in [0.1, 0.15) is 38.7 Å². The highest BCUT2D eigenvalue weighted by molar-refractivity contribution is 5.46. The minimum absolute atomic E-state index is 0.248. The van der Waals surface area contributed by atoms with Crippen molar-refractivity contribution >= 4 is 11.8 Å². The molecule has 1 atom stereocenters. The summed E-state index contributed by atoms with van der Waals surface area (Å²) in [7, 11) is 0. The van der Waals surface area contributed by atoms with E-state index in [-0.39, 0.29) is 6.61 Å². The smallest absolute Gasteiger partial charge is 0.224 e. The zero-order chi connectivity index (χ0) is 14.1. The van der Waals surface area contributed by atoms with Crippen molar-refractivity contribution in [1.82, 2.24) is 9.97 Å². The standard InChI is InChI=1S/C14H26N4O/c1-4-6-12(7-8-19)10-16-13-11(3)9-17-14(18-13)15-5-2/h9,12,19H,4-8,10H2,1-3H3,(H2,15,16,17,18). The van der Waals surface area contributed by atoms with Gasteiger partial charge in [-0.2, -0.15) is 4.98 Å². The van der Waals surface area contributed by atoms with E-state index in [1.54, 1.807) is 0 Å². The van der Waals surface area contributed by atoms with E-state index < -0.39 is 0 Å². The topological polar surface area (TPSA) is 70.1 Å². The Labute approximate surface area is 115 Å². The first-order valence-corrected chi connectivity index (χ1v) is 7.13. The van der Waals surface area contributed by atoms with Crippen molar-refractivity contribution < 1.29 is 5.11 Å². The Morgan fingerprint density at radius 1 is 1.26 bits per heavy atom. The Hall–Kier alpha value is -1.36. The van der Waals surface area contributed by atoms with Crippen LogP contribution in [-0.2, 0) is 0 Å². The molecular formula is C14H26N4O. The summed E-state index contributed by atoms with van der Waals surface area (Å²) < 4.78 is 0. The number of nitrogens with one attached hydrogen (secondary N) is 2. The van der Waals surface area contributed by atoms with Gasteiger partial charge in [0.25, 0.3) is 0 Å². The Morgan fingerprint density at radius 3 is 2.68 bits per heavy atom. The third-order valence-corrected chi connectivity index (χ3v) is 3.10. The first-order chi connectivity index (χ1) is 9.21. The maximum Gasteiger partial charge on any atom is 0.224 e. The SMILES string of the molecule is CCCC(CCO)CNc1nc(NCC)ncc1C. The first kappa shape index (κ1) is 15.7. The van der Waals surface area contributed by atoms with Crippen LogP contribution in [0.2, 0.25) is 0 Å². The summed E-state index contributed by atoms with van der Waals surface area (Å²) in [4.78, 5) is 8.68. The molecule has 1 aromatic heterocycles. The molecule has 0 amide bonds. The molecule has 19 heavy (non-hydrogen) atoms. The van der Waals surface area contributed by atoms with Gasteiger partial charge in [-0.15, -0.1) is 0 Å². The summed E-state index contributed by atoms with van der Waals surface area (Å²) in [5.41, 5.74) is 1.04. The molecule has 5 heteroatoms. The van der Waals surface area contributed by atoms with Gasteiger partial charge in [0.1, 0.15) is 5.82 Å². The molecule has 1 aromatic rings. The van der Waals surface area contributed by atoms with Crippen molar-refractivity contribution in [2.45, 2.75) is 40.0 Å². The van der Waals surface area contributed by atoms with E-state index in [4.69, 9.17) is 5.11 Å². The van der Waals surface area contributed by atoms with Gasteiger partial charge in [-0.3, -0.25) is 0 Å². The summed E-state index contributed by atoms with van der Waals surface area (Å²) in [6.45, 7) is 8.10. The van der Waals surface area contributed by atoms with Crippen molar-refractivity contribution in [3.63, 3.8) is 0 Å². The number of hydrogen-bond donors (Lipinski definition) is 3. The normalized spacial score (nSPS) is 12.2. The number of anilines is 2. The van der Waals surface area contributed by atoms with Gasteiger partial charge >= 0.3 is 0 Å². The van der Waals surface area contributed by atoms with E-state index in [9.17, 15) is 0 Å². The van der Waals surface area contributed by atoms with E-state index in [1.807, 2.05) is 20.0 Å². The Kier molecular flexibility index (Phi) is 7.18. The number of aromatic nitrogens is 2. The van der Waals surface area contributed by atoms with Gasteiger partial charge in [0.2, 0.25) is 5.95 Å². The average molecular weight is 266 g/mol. The maximum atomic E-state index is 9.07. The molecule has 0 spiro atoms. The Balaban J connectivity index is 2.61. The average Bonchev–Trinajstić information content (AvgIpc) is 2.40. The molecule has 0 aliphatic rings. The van der Waals surface area contributed by atoms with Crippen LogP contribution in [-0.4, -0.2) is 34.8 Å². The van der Waals surface area contributed by atoms with Gasteiger partial charge < -0.3 is 15.7 Å². The van der Waals surface area contributed by atoms with Crippen LogP contribution in [0.25, 0.3) is 0 Å². The quantitative estimate of drug-likeness (QED) is 0.640. The lowest BCUT2D eigenvalue weighted by Crippen LogP contribution is -2.17. The third kappa shape index (κ3) is 5.42. The zero-order valence-corrected chi connectivity index (χ0v) is 12.2. The molecule has 0 fully saturated rings. The summed E-state index contributed by atoms with van der Waals surface area (Å²) in [5, 5.41) is 15.6. The second kappa shape index (κ2) is 8.69. The van der Waals surface area contributed by atoms with Gasteiger partial charge in [0.05, 0.1) is 0 Å². The van der Waals surface area contributed by atoms with Crippen molar-refractivity contribution in [1.29, 1.82) is 0 Å². The highest BCUT2D eigenvalue weighted by atomic mass is 16.3. The lowest BCUT2D eigenvalue weighted by molar-refractivity contribution is 0.255. The van der Waals surface area contributed by atoms with Gasteiger partial charge in [0.15, 0.2) is 0 Å². The summed E-state index contributed by atoms with van der Waals surface area (Å²) >= 11 is 0. The number of aliphatic hydroxyl groups excluding tert-OH is 1. The number of nitrogens with zero attached hydrogens (tertiary/aromatic N) is 2. The van der Waals surface area contributed by atoms with Gasteiger partial charge in [-0.25, -0.2) is 4.98 Å². The van der Waals surface area contributed by atoms with E-state index in [0.717, 1.165) is 43.7 Å². The first-order valence-electron chi connectivity index (χ1n) is 7.13. The molecule has 0 saturated carbocycles. The number of rotatable bonds is 9. The van der Waals surface area contributed by atoms with Crippen molar-refractivity contribution in [2.24, 2.45) is 5.92 Å². The van der Waals surface area contributed by atoms with Crippen LogP contribution in [0.15, 0.2) is 6.20 Å². The molecule has 0 aliphatic heterocycles. The van der Waals surface area contributed by atoms with Crippen LogP contribution in [0.4, 0.5) is 11.8 Å². The van der Waals surface area contributed by atoms with Crippen LogP contribution >= 0.6 is 0 Å². The monoisotopic (exact) mass is 266 g/mol. The van der Waals surface area contributed by atoms with Crippen LogP contribution in [0, 0.1) is 12.8 Å². The lowest BCUT2D eigenvalue weighted by atomic mass is 10.0. The second-order valence-corrected chi connectivity index (χ2v) is 4.80. The van der Waals surface area contributed by atoms with E-state index in [1.165, 1.54) is 0 Å². The molecule has 5 nitrogen and oxygen atoms in total. The molecule has 0 aliphatic carbocycles.